The van der Waals surface area contributed by atoms with Crippen molar-refractivity contribution in [3.8, 4) is 11.5 Å². The number of carbonyl (C=O) groups excluding carboxylic acids is 1. The van der Waals surface area contributed by atoms with Crippen LogP contribution in [0.4, 0.5) is 0 Å². The van der Waals surface area contributed by atoms with E-state index < -0.39 is 0 Å². The lowest BCUT2D eigenvalue weighted by Gasteiger charge is -2.18. The molecule has 0 fully saturated rings. The zero-order valence-corrected chi connectivity index (χ0v) is 16.9. The lowest BCUT2D eigenvalue weighted by Crippen LogP contribution is -2.30. The van der Waals surface area contributed by atoms with Crippen molar-refractivity contribution in [3.63, 3.8) is 0 Å². The number of ether oxygens (including phenoxy) is 2. The Bertz CT molecular complexity index is 1120. The van der Waals surface area contributed by atoms with Crippen LogP contribution in [0.15, 0.2) is 72.8 Å². The Morgan fingerprint density at radius 2 is 1.70 bits per heavy atom. The minimum Gasteiger partial charge on any atom is -0.493 e. The van der Waals surface area contributed by atoms with Crippen molar-refractivity contribution in [3.05, 3.63) is 89.7 Å². The van der Waals surface area contributed by atoms with E-state index in [0.717, 1.165) is 16.6 Å². The van der Waals surface area contributed by atoms with E-state index in [-0.39, 0.29) is 11.9 Å². The molecule has 1 amide bonds. The highest BCUT2D eigenvalue weighted by Crippen LogP contribution is 2.28. The molecule has 30 heavy (non-hydrogen) atoms. The maximum absolute atomic E-state index is 13.1. The summed E-state index contributed by atoms with van der Waals surface area (Å²) in [6.45, 7) is 0. The summed E-state index contributed by atoms with van der Waals surface area (Å²) in [5.74, 6) is 1.59. The van der Waals surface area contributed by atoms with Gasteiger partial charge in [-0.15, -0.1) is 0 Å². The molecule has 152 valence electrons. The summed E-state index contributed by atoms with van der Waals surface area (Å²) in [4.78, 5) is 21.1. The van der Waals surface area contributed by atoms with Gasteiger partial charge in [-0.2, -0.15) is 0 Å². The lowest BCUT2D eigenvalue weighted by molar-refractivity contribution is 0.0934. The number of hydrogen-bond acceptors (Lipinski definition) is 4. The van der Waals surface area contributed by atoms with Crippen molar-refractivity contribution in [2.24, 2.45) is 0 Å². The van der Waals surface area contributed by atoms with Gasteiger partial charge in [-0.05, 0) is 42.3 Å². The maximum atomic E-state index is 13.1. The summed E-state index contributed by atoms with van der Waals surface area (Å²) >= 11 is 0. The van der Waals surface area contributed by atoms with Crippen molar-refractivity contribution in [2.45, 2.75) is 12.5 Å². The molecular weight excluding hydrogens is 378 g/mol. The molecule has 3 aromatic carbocycles. The Kier molecular flexibility index (Phi) is 5.66. The van der Waals surface area contributed by atoms with Gasteiger partial charge in [0.05, 0.1) is 31.3 Å². The fourth-order valence-corrected chi connectivity index (χ4v) is 3.42. The second kappa shape index (κ2) is 8.69. The molecule has 1 aromatic heterocycles. The summed E-state index contributed by atoms with van der Waals surface area (Å²) < 4.78 is 10.6. The number of imidazole rings is 1. The fourth-order valence-electron chi connectivity index (χ4n) is 3.42. The maximum Gasteiger partial charge on any atom is 0.252 e. The highest BCUT2D eigenvalue weighted by atomic mass is 16.5. The first-order chi connectivity index (χ1) is 14.7. The molecule has 4 rings (SSSR count). The third-order valence-electron chi connectivity index (χ3n) is 4.97. The average Bonchev–Trinajstić information content (AvgIpc) is 3.23. The van der Waals surface area contributed by atoms with Crippen LogP contribution in [0.5, 0.6) is 11.5 Å². The van der Waals surface area contributed by atoms with E-state index in [0.29, 0.717) is 29.3 Å². The second-order valence-electron chi connectivity index (χ2n) is 6.92. The molecular formula is C24H23N3O3. The lowest BCUT2D eigenvalue weighted by atomic mass is 10.0. The van der Waals surface area contributed by atoms with E-state index in [1.54, 1.807) is 32.4 Å². The van der Waals surface area contributed by atoms with E-state index in [4.69, 9.17) is 14.5 Å². The fraction of sp³-hybridized carbons (Fsp3) is 0.167. The summed E-state index contributed by atoms with van der Waals surface area (Å²) in [5.41, 5.74) is 3.40. The van der Waals surface area contributed by atoms with Crippen LogP contribution in [0.25, 0.3) is 11.0 Å². The first-order valence-electron chi connectivity index (χ1n) is 9.69. The van der Waals surface area contributed by atoms with Gasteiger partial charge in [0, 0.05) is 5.56 Å². The minimum absolute atomic E-state index is 0.211. The average molecular weight is 401 g/mol. The number of benzene rings is 3. The molecule has 0 saturated heterocycles. The number of nitrogens with zero attached hydrogens (tertiary/aromatic N) is 1. The van der Waals surface area contributed by atoms with Crippen LogP contribution in [0, 0.1) is 0 Å². The number of amides is 1. The zero-order valence-electron chi connectivity index (χ0n) is 16.9. The molecule has 0 bridgehead atoms. The van der Waals surface area contributed by atoms with E-state index in [1.807, 2.05) is 54.6 Å². The molecule has 6 heteroatoms. The quantitative estimate of drug-likeness (QED) is 0.484. The Morgan fingerprint density at radius 3 is 2.43 bits per heavy atom. The molecule has 0 aliphatic rings. The van der Waals surface area contributed by atoms with Crippen LogP contribution in [0.2, 0.25) is 0 Å². The van der Waals surface area contributed by atoms with Crippen molar-refractivity contribution >= 4 is 16.9 Å². The number of aromatic amines is 1. The van der Waals surface area contributed by atoms with Crippen molar-refractivity contribution in [1.82, 2.24) is 15.3 Å². The van der Waals surface area contributed by atoms with Crippen LogP contribution in [0.3, 0.4) is 0 Å². The molecule has 0 unspecified atom stereocenters. The number of rotatable bonds is 7. The largest absolute Gasteiger partial charge is 0.493 e. The number of hydrogen-bond donors (Lipinski definition) is 2. The number of carbonyl (C=O) groups is 1. The van der Waals surface area contributed by atoms with Crippen molar-refractivity contribution < 1.29 is 14.3 Å². The van der Waals surface area contributed by atoms with E-state index in [1.165, 1.54) is 0 Å². The van der Waals surface area contributed by atoms with Gasteiger partial charge in [-0.25, -0.2) is 4.98 Å². The number of methoxy groups -OCH3 is 2. The predicted octanol–water partition coefficient (Wildman–Crippen LogP) is 4.29. The van der Waals surface area contributed by atoms with Gasteiger partial charge >= 0.3 is 0 Å². The topological polar surface area (TPSA) is 76.2 Å². The van der Waals surface area contributed by atoms with Crippen LogP contribution in [0.1, 0.15) is 27.8 Å². The van der Waals surface area contributed by atoms with E-state index >= 15 is 0 Å². The van der Waals surface area contributed by atoms with Gasteiger partial charge < -0.3 is 19.8 Å². The molecule has 1 atom stereocenters. The number of aromatic nitrogens is 2. The summed E-state index contributed by atoms with van der Waals surface area (Å²) in [5, 5.41) is 3.12. The zero-order chi connectivity index (χ0) is 20.9. The first kappa shape index (κ1) is 19.5. The number of H-pyrrole nitrogens is 1. The molecule has 0 aliphatic carbocycles. The number of para-hydroxylation sites is 2. The van der Waals surface area contributed by atoms with Crippen LogP contribution >= 0.6 is 0 Å². The predicted molar refractivity (Wildman–Crippen MR) is 116 cm³/mol. The smallest absolute Gasteiger partial charge is 0.252 e. The van der Waals surface area contributed by atoms with Crippen molar-refractivity contribution in [2.75, 3.05) is 14.2 Å². The number of fused-ring (bicyclic) bond motifs is 1. The highest BCUT2D eigenvalue weighted by Gasteiger charge is 2.21. The van der Waals surface area contributed by atoms with Gasteiger partial charge in [0.1, 0.15) is 5.82 Å². The second-order valence-corrected chi connectivity index (χ2v) is 6.92. The van der Waals surface area contributed by atoms with Gasteiger partial charge in [0.25, 0.3) is 5.91 Å². The standard InChI is InChI=1S/C24H23N3O3/c1-29-21-13-12-17(15-22(21)30-2)24(28)27-20(14-16-8-4-3-5-9-16)23-25-18-10-6-7-11-19(18)26-23/h3-13,15,20H,14H2,1-2H3,(H,25,26)(H,27,28)/t20-/m0/s1. The monoisotopic (exact) mass is 401 g/mol. The van der Waals surface area contributed by atoms with Crippen molar-refractivity contribution in [1.29, 1.82) is 0 Å². The Balaban J connectivity index is 1.64. The molecule has 0 radical (unpaired) electrons. The van der Waals surface area contributed by atoms with Crippen LogP contribution < -0.4 is 14.8 Å². The summed E-state index contributed by atoms with van der Waals surface area (Å²) in [6.07, 6.45) is 0.611. The molecule has 6 nitrogen and oxygen atoms in total. The Hall–Kier alpha value is -3.80. The molecule has 0 aliphatic heterocycles. The molecule has 2 N–H and O–H groups in total. The molecule has 1 heterocycles. The van der Waals surface area contributed by atoms with E-state index in [9.17, 15) is 4.79 Å². The SMILES string of the molecule is COc1ccc(C(=O)N[C@@H](Cc2ccccc2)c2nc3ccccc3[nH]2)cc1OC. The Morgan fingerprint density at radius 1 is 0.967 bits per heavy atom. The van der Waals surface area contributed by atoms with Gasteiger partial charge in [0.2, 0.25) is 0 Å². The van der Waals surface area contributed by atoms with Crippen LogP contribution in [-0.4, -0.2) is 30.1 Å². The molecule has 0 spiro atoms. The van der Waals surface area contributed by atoms with Gasteiger partial charge in [-0.1, -0.05) is 42.5 Å². The third-order valence-corrected chi connectivity index (χ3v) is 4.97. The third kappa shape index (κ3) is 4.12. The first-order valence-corrected chi connectivity index (χ1v) is 9.69. The Labute approximate surface area is 174 Å². The van der Waals surface area contributed by atoms with E-state index in [2.05, 4.69) is 10.3 Å². The van der Waals surface area contributed by atoms with Crippen LogP contribution in [-0.2, 0) is 6.42 Å². The molecule has 4 aromatic rings. The van der Waals surface area contributed by atoms with Gasteiger partial charge in [-0.3, -0.25) is 4.79 Å². The molecule has 0 saturated carbocycles. The summed E-state index contributed by atoms with van der Waals surface area (Å²) in [7, 11) is 3.11. The summed E-state index contributed by atoms with van der Waals surface area (Å²) in [6, 6.07) is 22.6. The highest BCUT2D eigenvalue weighted by molar-refractivity contribution is 5.95. The normalized spacial score (nSPS) is 11.8. The van der Waals surface area contributed by atoms with Gasteiger partial charge in [0.15, 0.2) is 11.5 Å². The number of nitrogens with one attached hydrogen (secondary N) is 2. The minimum atomic E-state index is -0.319.